The SMILES string of the molecule is CCNC(=O)c1cc[n+](C[C@H](NC(=O)OC(C)(C)C)C(=O)O)nc1.O=C(O)C(F)(F)F. The number of hydrogen-bond donors (Lipinski definition) is 4. The minimum Gasteiger partial charge on any atom is -0.480 e. The van der Waals surface area contributed by atoms with E-state index in [0.717, 1.165) is 0 Å². The van der Waals surface area contributed by atoms with Gasteiger partial charge in [-0.05, 0) is 32.8 Å². The van der Waals surface area contributed by atoms with Gasteiger partial charge in [0.15, 0.2) is 12.2 Å². The number of alkyl carbamates (subject to hydrolysis) is 1. The monoisotopic (exact) mass is 453 g/mol. The Bertz CT molecular complexity index is 777. The molecule has 31 heavy (non-hydrogen) atoms. The van der Waals surface area contributed by atoms with Crippen molar-refractivity contribution in [2.75, 3.05) is 6.54 Å². The van der Waals surface area contributed by atoms with Crippen molar-refractivity contribution in [2.24, 2.45) is 0 Å². The predicted octanol–water partition coefficient (Wildman–Crippen LogP) is 0.730. The second-order valence-electron chi connectivity index (χ2n) is 6.84. The number of ether oxygens (including phenoxy) is 1. The minimum absolute atomic E-state index is 0.107. The van der Waals surface area contributed by atoms with Gasteiger partial charge in [0.1, 0.15) is 11.8 Å². The lowest BCUT2D eigenvalue weighted by atomic mass is 10.2. The van der Waals surface area contributed by atoms with Gasteiger partial charge in [0, 0.05) is 12.6 Å². The van der Waals surface area contributed by atoms with Crippen LogP contribution in [0.3, 0.4) is 0 Å². The fraction of sp³-hybridized carbons (Fsp3) is 0.529. The van der Waals surface area contributed by atoms with Crippen molar-refractivity contribution < 1.29 is 52.0 Å². The Hall–Kier alpha value is -3.45. The van der Waals surface area contributed by atoms with Crippen molar-refractivity contribution in [1.82, 2.24) is 15.7 Å². The summed E-state index contributed by atoms with van der Waals surface area (Å²) in [6.45, 7) is 7.23. The Balaban J connectivity index is 0.00000110. The smallest absolute Gasteiger partial charge is 0.480 e. The average molecular weight is 453 g/mol. The summed E-state index contributed by atoms with van der Waals surface area (Å²) in [7, 11) is 0. The topological polar surface area (TPSA) is 159 Å². The third-order valence-electron chi connectivity index (χ3n) is 2.97. The fourth-order valence-electron chi connectivity index (χ4n) is 1.71. The van der Waals surface area contributed by atoms with Crippen molar-refractivity contribution in [3.05, 3.63) is 24.0 Å². The zero-order valence-electron chi connectivity index (χ0n) is 17.2. The van der Waals surface area contributed by atoms with Crippen LogP contribution in [0, 0.1) is 0 Å². The lowest BCUT2D eigenvalue weighted by Gasteiger charge is -2.20. The second-order valence-corrected chi connectivity index (χ2v) is 6.84. The van der Waals surface area contributed by atoms with Crippen LogP contribution in [0.1, 0.15) is 38.1 Å². The number of amides is 2. The summed E-state index contributed by atoms with van der Waals surface area (Å²) < 4.78 is 38.1. The van der Waals surface area contributed by atoms with Crippen LogP contribution < -0.4 is 15.3 Å². The molecular formula is C17H24F3N4O7+. The van der Waals surface area contributed by atoms with E-state index < -0.39 is 35.9 Å². The number of carboxylic acid groups (broad SMARTS) is 2. The quantitative estimate of drug-likeness (QED) is 0.459. The van der Waals surface area contributed by atoms with Gasteiger partial charge in [0.05, 0.1) is 5.56 Å². The first kappa shape index (κ1) is 27.5. The summed E-state index contributed by atoms with van der Waals surface area (Å²) in [6.07, 6.45) is -3.11. The summed E-state index contributed by atoms with van der Waals surface area (Å²) in [4.78, 5) is 43.5. The first-order chi connectivity index (χ1) is 14.1. The summed E-state index contributed by atoms with van der Waals surface area (Å²) in [5.41, 5.74) is -0.368. The van der Waals surface area contributed by atoms with Gasteiger partial charge in [0.2, 0.25) is 6.54 Å². The molecule has 0 aliphatic heterocycles. The van der Waals surface area contributed by atoms with Crippen LogP contribution >= 0.6 is 0 Å². The van der Waals surface area contributed by atoms with Crippen molar-refractivity contribution in [3.63, 3.8) is 0 Å². The zero-order chi connectivity index (χ0) is 24.4. The predicted molar refractivity (Wildman–Crippen MR) is 96.9 cm³/mol. The van der Waals surface area contributed by atoms with E-state index in [9.17, 15) is 32.7 Å². The Kier molecular flexibility index (Phi) is 10.4. The molecule has 1 rings (SSSR count). The zero-order valence-corrected chi connectivity index (χ0v) is 17.2. The van der Waals surface area contributed by atoms with E-state index in [1.165, 1.54) is 23.1 Å². The molecule has 0 spiro atoms. The third kappa shape index (κ3) is 12.0. The Morgan fingerprint density at radius 2 is 1.74 bits per heavy atom. The number of rotatable bonds is 6. The van der Waals surface area contributed by atoms with Crippen LogP contribution in [0.15, 0.2) is 18.5 Å². The van der Waals surface area contributed by atoms with Crippen LogP contribution in [0.25, 0.3) is 0 Å². The number of hydrogen-bond acceptors (Lipinski definition) is 6. The highest BCUT2D eigenvalue weighted by Gasteiger charge is 2.38. The number of carboxylic acids is 2. The molecule has 0 saturated heterocycles. The molecule has 0 saturated carbocycles. The lowest BCUT2D eigenvalue weighted by Crippen LogP contribution is -2.53. The van der Waals surface area contributed by atoms with E-state index in [4.69, 9.17) is 14.6 Å². The fourth-order valence-corrected chi connectivity index (χ4v) is 1.71. The molecule has 0 aliphatic carbocycles. The van der Waals surface area contributed by atoms with E-state index in [2.05, 4.69) is 15.7 Å². The summed E-state index contributed by atoms with van der Waals surface area (Å²) in [6, 6.07) is 0.303. The first-order valence-electron chi connectivity index (χ1n) is 8.73. The molecule has 4 N–H and O–H groups in total. The maximum Gasteiger partial charge on any atom is 0.490 e. The maximum atomic E-state index is 11.7. The van der Waals surface area contributed by atoms with Crippen LogP contribution in [0.5, 0.6) is 0 Å². The van der Waals surface area contributed by atoms with E-state index in [1.54, 1.807) is 27.7 Å². The Labute approximate surface area is 175 Å². The van der Waals surface area contributed by atoms with E-state index in [1.807, 2.05) is 0 Å². The summed E-state index contributed by atoms with van der Waals surface area (Å²) in [5, 5.41) is 25.2. The van der Waals surface area contributed by atoms with Gasteiger partial charge in [-0.3, -0.25) is 4.79 Å². The van der Waals surface area contributed by atoms with Crippen molar-refractivity contribution in [3.8, 4) is 0 Å². The van der Waals surface area contributed by atoms with Crippen molar-refractivity contribution in [2.45, 2.75) is 52.1 Å². The van der Waals surface area contributed by atoms with Gasteiger partial charge in [0.25, 0.3) is 5.91 Å². The third-order valence-corrected chi connectivity index (χ3v) is 2.97. The highest BCUT2D eigenvalue weighted by atomic mass is 19.4. The minimum atomic E-state index is -5.08. The standard InChI is InChI=1S/C15H22N4O5.C2HF3O2/c1-5-16-12(20)10-6-7-19(17-8-10)9-11(13(21)22)18-14(23)24-15(2,3)4;3-2(4,5)1(6)7/h6-8,11H,5,9H2,1-4H3,(H2-,16,18,20,21,22,23);(H,6,7)/p+1/t11-;/m0./s1. The van der Waals surface area contributed by atoms with Gasteiger partial charge in [-0.1, -0.05) is 4.68 Å². The first-order valence-corrected chi connectivity index (χ1v) is 8.73. The Morgan fingerprint density at radius 1 is 1.19 bits per heavy atom. The molecule has 0 radical (unpaired) electrons. The van der Waals surface area contributed by atoms with Crippen LogP contribution in [-0.4, -0.2) is 63.6 Å². The number of nitrogens with one attached hydrogen (secondary N) is 2. The number of carbonyl (C=O) groups excluding carboxylic acids is 2. The Morgan fingerprint density at radius 3 is 2.10 bits per heavy atom. The highest BCUT2D eigenvalue weighted by Crippen LogP contribution is 2.13. The van der Waals surface area contributed by atoms with Crippen LogP contribution in [-0.2, 0) is 20.9 Å². The number of aromatic nitrogens is 2. The number of alkyl halides is 3. The number of nitrogens with zero attached hydrogens (tertiary/aromatic N) is 2. The van der Waals surface area contributed by atoms with Gasteiger partial charge in [-0.25, -0.2) is 14.4 Å². The van der Waals surface area contributed by atoms with Crippen molar-refractivity contribution >= 4 is 23.9 Å². The molecule has 0 aliphatic rings. The molecule has 0 unspecified atom stereocenters. The molecule has 1 aromatic heterocycles. The largest absolute Gasteiger partial charge is 0.490 e. The van der Waals surface area contributed by atoms with Crippen LogP contribution in [0.2, 0.25) is 0 Å². The van der Waals surface area contributed by atoms with E-state index in [0.29, 0.717) is 12.1 Å². The number of halogens is 3. The molecule has 0 fully saturated rings. The van der Waals surface area contributed by atoms with E-state index >= 15 is 0 Å². The normalized spacial score (nSPS) is 12.0. The molecule has 1 heterocycles. The van der Waals surface area contributed by atoms with E-state index in [-0.39, 0.29) is 12.5 Å². The average Bonchev–Trinajstić information content (AvgIpc) is 2.60. The molecule has 11 nitrogen and oxygen atoms in total. The lowest BCUT2D eigenvalue weighted by molar-refractivity contribution is -0.754. The molecule has 2 amide bonds. The summed E-state index contributed by atoms with van der Waals surface area (Å²) in [5.74, 6) is -4.24. The molecule has 174 valence electrons. The highest BCUT2D eigenvalue weighted by molar-refractivity contribution is 5.93. The van der Waals surface area contributed by atoms with Crippen LogP contribution in [0.4, 0.5) is 18.0 Å². The molecule has 0 bridgehead atoms. The molecule has 0 aromatic carbocycles. The van der Waals surface area contributed by atoms with Crippen molar-refractivity contribution in [1.29, 1.82) is 0 Å². The maximum absolute atomic E-state index is 11.7. The molecule has 14 heteroatoms. The molecular weight excluding hydrogens is 429 g/mol. The summed E-state index contributed by atoms with van der Waals surface area (Å²) >= 11 is 0. The number of aliphatic carboxylic acids is 2. The van der Waals surface area contributed by atoms with Gasteiger partial charge in [-0.2, -0.15) is 13.2 Å². The number of carbonyl (C=O) groups is 4. The molecule has 1 aromatic rings. The van der Waals surface area contributed by atoms with Gasteiger partial charge >= 0.3 is 24.2 Å². The van der Waals surface area contributed by atoms with Gasteiger partial charge in [-0.15, -0.1) is 0 Å². The van der Waals surface area contributed by atoms with Gasteiger partial charge < -0.3 is 25.6 Å². The molecule has 1 atom stereocenters. The second kappa shape index (κ2) is 11.7.